The molecule has 172 valence electrons. The molecule has 2 heterocycles. The molecule has 1 unspecified atom stereocenters. The Bertz CT molecular complexity index is 976. The number of carbonyl (C=O) groups is 2. The molecule has 0 aliphatic carbocycles. The number of thiophene rings is 1. The Morgan fingerprint density at radius 3 is 2.34 bits per heavy atom. The molecule has 0 fully saturated rings. The molecule has 32 heavy (non-hydrogen) atoms. The Hall–Kier alpha value is -2.40. The summed E-state index contributed by atoms with van der Waals surface area (Å²) >= 11 is 1.76. The van der Waals surface area contributed by atoms with Crippen LogP contribution in [0.2, 0.25) is 0 Å². The van der Waals surface area contributed by atoms with Crippen molar-refractivity contribution in [3.8, 4) is 0 Å². The fourth-order valence-corrected chi connectivity index (χ4v) is 5.12. The van der Waals surface area contributed by atoms with Crippen molar-refractivity contribution in [3.63, 3.8) is 0 Å². The summed E-state index contributed by atoms with van der Waals surface area (Å²) in [5.41, 5.74) is 3.12. The van der Waals surface area contributed by atoms with E-state index in [4.69, 9.17) is 0 Å². The average Bonchev–Trinajstić information content (AvgIpc) is 3.19. The van der Waals surface area contributed by atoms with Crippen LogP contribution >= 0.6 is 11.3 Å². The number of nitrogens with zero attached hydrogens (tertiary/aromatic N) is 2. The number of hydrogen-bond donors (Lipinski definition) is 0. The lowest BCUT2D eigenvalue weighted by atomic mass is 9.85. The van der Waals surface area contributed by atoms with Crippen LogP contribution in [0.5, 0.6) is 0 Å². The molecule has 1 aromatic carbocycles. The summed E-state index contributed by atoms with van der Waals surface area (Å²) in [6.07, 6.45) is 2.54. The molecule has 1 atom stereocenters. The molecular formula is C27H36N2O2S. The maximum Gasteiger partial charge on any atom is 0.243 e. The van der Waals surface area contributed by atoms with Gasteiger partial charge in [0.05, 0.1) is 6.04 Å². The van der Waals surface area contributed by atoms with Crippen LogP contribution in [0.25, 0.3) is 0 Å². The van der Waals surface area contributed by atoms with Crippen LogP contribution in [-0.2, 0) is 21.4 Å². The Labute approximate surface area is 196 Å². The van der Waals surface area contributed by atoms with Gasteiger partial charge in [-0.25, -0.2) is 0 Å². The first-order chi connectivity index (χ1) is 14.9. The van der Waals surface area contributed by atoms with E-state index in [0.29, 0.717) is 13.1 Å². The van der Waals surface area contributed by atoms with Gasteiger partial charge >= 0.3 is 0 Å². The first-order valence-corrected chi connectivity index (χ1v) is 12.2. The third-order valence-corrected chi connectivity index (χ3v) is 6.98. The molecular weight excluding hydrogens is 416 g/mol. The molecule has 1 aliphatic heterocycles. The molecule has 1 aromatic heterocycles. The van der Waals surface area contributed by atoms with E-state index in [9.17, 15) is 9.59 Å². The summed E-state index contributed by atoms with van der Waals surface area (Å²) in [5, 5.41) is 2.11. The van der Waals surface area contributed by atoms with Crippen molar-refractivity contribution in [1.82, 2.24) is 9.80 Å². The highest BCUT2D eigenvalue weighted by Gasteiger charge is 2.35. The number of benzene rings is 1. The predicted molar refractivity (Wildman–Crippen MR) is 133 cm³/mol. The van der Waals surface area contributed by atoms with Crippen LogP contribution < -0.4 is 0 Å². The van der Waals surface area contributed by atoms with Gasteiger partial charge in [-0.3, -0.25) is 9.59 Å². The van der Waals surface area contributed by atoms with Crippen molar-refractivity contribution in [2.75, 3.05) is 19.6 Å². The summed E-state index contributed by atoms with van der Waals surface area (Å²) < 4.78 is 0. The fourth-order valence-electron chi connectivity index (χ4n) is 4.21. The Balaban J connectivity index is 1.93. The molecule has 0 saturated heterocycles. The van der Waals surface area contributed by atoms with Gasteiger partial charge < -0.3 is 9.80 Å². The van der Waals surface area contributed by atoms with Crippen molar-refractivity contribution in [2.24, 2.45) is 5.41 Å². The minimum absolute atomic E-state index is 0.0220. The highest BCUT2D eigenvalue weighted by Crippen LogP contribution is 2.38. The van der Waals surface area contributed by atoms with Gasteiger partial charge in [0.2, 0.25) is 11.8 Å². The number of hydrogen-bond acceptors (Lipinski definition) is 3. The minimum Gasteiger partial charge on any atom is -0.330 e. The standard InChI is InChI=1S/C27H36N2O2S/c1-8-15-28(25(31)27(5,6)7)18-23(30)29-16-13-22-21(14-17-32-22)24(29)19-9-11-20(12-10-19)26(2,3)4/h8-12,14,17,24H,1,13,15-16,18H2,2-7H3. The Kier molecular flexibility index (Phi) is 6.99. The van der Waals surface area contributed by atoms with Crippen molar-refractivity contribution < 1.29 is 9.59 Å². The zero-order valence-corrected chi connectivity index (χ0v) is 21.1. The van der Waals surface area contributed by atoms with Crippen LogP contribution in [0.1, 0.15) is 69.2 Å². The van der Waals surface area contributed by atoms with Gasteiger partial charge in [-0.1, -0.05) is 71.9 Å². The second kappa shape index (κ2) is 9.22. The zero-order valence-electron chi connectivity index (χ0n) is 20.3. The van der Waals surface area contributed by atoms with Gasteiger partial charge in [-0.05, 0) is 40.0 Å². The molecule has 2 aromatic rings. The van der Waals surface area contributed by atoms with Crippen molar-refractivity contribution in [1.29, 1.82) is 0 Å². The van der Waals surface area contributed by atoms with E-state index in [-0.39, 0.29) is 29.8 Å². The van der Waals surface area contributed by atoms with Gasteiger partial charge in [0.25, 0.3) is 0 Å². The van der Waals surface area contributed by atoms with Gasteiger partial charge in [-0.2, -0.15) is 0 Å². The third kappa shape index (κ3) is 5.15. The molecule has 5 heteroatoms. The maximum absolute atomic E-state index is 13.6. The van der Waals surface area contributed by atoms with E-state index < -0.39 is 5.41 Å². The lowest BCUT2D eigenvalue weighted by molar-refractivity contribution is -0.145. The van der Waals surface area contributed by atoms with Crippen LogP contribution in [0, 0.1) is 5.41 Å². The van der Waals surface area contributed by atoms with Crippen LogP contribution in [-0.4, -0.2) is 41.2 Å². The Morgan fingerprint density at radius 1 is 1.12 bits per heavy atom. The minimum atomic E-state index is -0.548. The molecule has 0 radical (unpaired) electrons. The second-order valence-electron chi connectivity index (χ2n) is 10.6. The lowest BCUT2D eigenvalue weighted by Gasteiger charge is -2.38. The molecule has 0 spiro atoms. The molecule has 2 amide bonds. The highest BCUT2D eigenvalue weighted by molar-refractivity contribution is 7.10. The van der Waals surface area contributed by atoms with Crippen LogP contribution in [0.3, 0.4) is 0 Å². The summed E-state index contributed by atoms with van der Waals surface area (Å²) in [6, 6.07) is 10.7. The second-order valence-corrected chi connectivity index (χ2v) is 11.6. The summed E-state index contributed by atoms with van der Waals surface area (Å²) in [4.78, 5) is 31.4. The fraction of sp³-hybridized carbons (Fsp3) is 0.481. The Morgan fingerprint density at radius 2 is 1.78 bits per heavy atom. The van der Waals surface area contributed by atoms with Crippen molar-refractivity contribution >= 4 is 23.2 Å². The SMILES string of the molecule is C=CCN(CC(=O)N1CCc2sccc2C1c1ccc(C(C)(C)C)cc1)C(=O)C(C)(C)C. The first-order valence-electron chi connectivity index (χ1n) is 11.3. The number of carbonyl (C=O) groups excluding carboxylic acids is 2. The third-order valence-electron chi connectivity index (χ3n) is 5.98. The predicted octanol–water partition coefficient (Wildman–Crippen LogP) is 5.58. The number of amides is 2. The molecule has 4 nitrogen and oxygen atoms in total. The largest absolute Gasteiger partial charge is 0.330 e. The summed E-state index contributed by atoms with van der Waals surface area (Å²) in [5.74, 6) is -0.0590. The van der Waals surface area contributed by atoms with E-state index >= 15 is 0 Å². The summed E-state index contributed by atoms with van der Waals surface area (Å²) in [7, 11) is 0. The van der Waals surface area contributed by atoms with E-state index in [2.05, 4.69) is 63.1 Å². The molecule has 3 rings (SSSR count). The highest BCUT2D eigenvalue weighted by atomic mass is 32.1. The van der Waals surface area contributed by atoms with Crippen molar-refractivity contribution in [2.45, 2.75) is 59.4 Å². The number of rotatable bonds is 5. The van der Waals surface area contributed by atoms with Gasteiger partial charge in [0.1, 0.15) is 6.54 Å². The molecule has 0 saturated carbocycles. The lowest BCUT2D eigenvalue weighted by Crippen LogP contribution is -2.49. The molecule has 0 bridgehead atoms. The smallest absolute Gasteiger partial charge is 0.243 e. The first kappa shape index (κ1) is 24.2. The molecule has 1 aliphatic rings. The average molecular weight is 453 g/mol. The van der Waals surface area contributed by atoms with E-state index in [1.165, 1.54) is 16.0 Å². The van der Waals surface area contributed by atoms with Crippen LogP contribution in [0.15, 0.2) is 48.4 Å². The van der Waals surface area contributed by atoms with E-state index in [0.717, 1.165) is 12.0 Å². The topological polar surface area (TPSA) is 40.6 Å². The van der Waals surface area contributed by atoms with Crippen molar-refractivity contribution in [3.05, 3.63) is 69.9 Å². The van der Waals surface area contributed by atoms with Gasteiger partial charge in [0, 0.05) is 23.4 Å². The van der Waals surface area contributed by atoms with Gasteiger partial charge in [-0.15, -0.1) is 17.9 Å². The monoisotopic (exact) mass is 452 g/mol. The van der Waals surface area contributed by atoms with E-state index in [1.54, 1.807) is 22.3 Å². The zero-order chi connectivity index (χ0) is 23.7. The summed E-state index contributed by atoms with van der Waals surface area (Å²) in [6.45, 7) is 17.1. The van der Waals surface area contributed by atoms with E-state index in [1.807, 2.05) is 25.7 Å². The molecule has 0 N–H and O–H groups in total. The quantitative estimate of drug-likeness (QED) is 0.556. The maximum atomic E-state index is 13.6. The number of fused-ring (bicyclic) bond motifs is 1. The van der Waals surface area contributed by atoms with Gasteiger partial charge in [0.15, 0.2) is 0 Å². The van der Waals surface area contributed by atoms with Crippen LogP contribution in [0.4, 0.5) is 0 Å². The normalized spacial score (nSPS) is 16.4.